The lowest BCUT2D eigenvalue weighted by Gasteiger charge is -2.17. The van der Waals surface area contributed by atoms with Crippen LogP contribution in [-0.2, 0) is 4.79 Å². The summed E-state index contributed by atoms with van der Waals surface area (Å²) in [6.45, 7) is 4.08. The van der Waals surface area contributed by atoms with E-state index >= 15 is 0 Å². The van der Waals surface area contributed by atoms with Gasteiger partial charge >= 0.3 is 0 Å². The smallest absolute Gasteiger partial charge is 0.224 e. The Hall–Kier alpha value is -1.61. The molecule has 0 aliphatic heterocycles. The number of amides is 1. The number of allylic oxidation sites excluding steroid dienone is 1. The van der Waals surface area contributed by atoms with Crippen molar-refractivity contribution in [3.63, 3.8) is 0 Å². The summed E-state index contributed by atoms with van der Waals surface area (Å²) in [5.74, 6) is 0.0876. The molecule has 0 spiro atoms. The molecule has 1 unspecified atom stereocenters. The van der Waals surface area contributed by atoms with Crippen LogP contribution in [0.1, 0.15) is 44.7 Å². The molecular weight excluding hydrogens is 236 g/mol. The highest BCUT2D eigenvalue weighted by Crippen LogP contribution is 2.23. The van der Waals surface area contributed by atoms with Crippen molar-refractivity contribution in [2.45, 2.75) is 39.2 Å². The molecule has 0 aliphatic rings. The minimum atomic E-state index is 0.0876. The van der Waals surface area contributed by atoms with Gasteiger partial charge in [-0.1, -0.05) is 43.7 Å². The fourth-order valence-corrected chi connectivity index (χ4v) is 1.98. The van der Waals surface area contributed by atoms with Gasteiger partial charge in [0, 0.05) is 12.1 Å². The van der Waals surface area contributed by atoms with Crippen molar-refractivity contribution in [3.05, 3.63) is 42.0 Å². The second-order valence-corrected chi connectivity index (χ2v) is 4.53. The summed E-state index contributed by atoms with van der Waals surface area (Å²) in [5, 5.41) is 6.24. The molecule has 0 saturated heterocycles. The first-order chi connectivity index (χ1) is 9.22. The van der Waals surface area contributed by atoms with Crippen LogP contribution in [-0.4, -0.2) is 13.0 Å². The maximum atomic E-state index is 11.8. The van der Waals surface area contributed by atoms with E-state index in [0.717, 1.165) is 24.1 Å². The standard InChI is InChI=1S/C16H24N2O/c1-4-6-12-16(19)18-15-11-8-7-10-13(15)14(17-3)9-5-2/h5,7-11,14,17H,4,6,12H2,1-3H3,(H,18,19). The molecule has 0 radical (unpaired) electrons. The van der Waals surface area contributed by atoms with Gasteiger partial charge in [-0.05, 0) is 32.0 Å². The van der Waals surface area contributed by atoms with Crippen molar-refractivity contribution in [2.75, 3.05) is 12.4 Å². The normalized spacial score (nSPS) is 12.6. The van der Waals surface area contributed by atoms with E-state index in [0.29, 0.717) is 6.42 Å². The number of carbonyl (C=O) groups is 1. The van der Waals surface area contributed by atoms with Gasteiger partial charge in [0.05, 0.1) is 6.04 Å². The molecule has 0 bridgehead atoms. The zero-order valence-electron chi connectivity index (χ0n) is 12.1. The predicted octanol–water partition coefficient (Wildman–Crippen LogP) is 3.65. The minimum Gasteiger partial charge on any atom is -0.326 e. The second-order valence-electron chi connectivity index (χ2n) is 4.53. The molecule has 3 nitrogen and oxygen atoms in total. The number of para-hydroxylation sites is 1. The van der Waals surface area contributed by atoms with Crippen molar-refractivity contribution < 1.29 is 4.79 Å². The van der Waals surface area contributed by atoms with E-state index < -0.39 is 0 Å². The van der Waals surface area contributed by atoms with Crippen LogP contribution in [0.3, 0.4) is 0 Å². The molecular formula is C16H24N2O. The highest BCUT2D eigenvalue weighted by Gasteiger charge is 2.11. The van der Waals surface area contributed by atoms with Gasteiger partial charge in [-0.15, -0.1) is 0 Å². The average Bonchev–Trinajstić information content (AvgIpc) is 2.43. The van der Waals surface area contributed by atoms with Crippen LogP contribution in [0.2, 0.25) is 0 Å². The first kappa shape index (κ1) is 15.4. The molecule has 0 fully saturated rings. The van der Waals surface area contributed by atoms with E-state index in [4.69, 9.17) is 0 Å². The van der Waals surface area contributed by atoms with Crippen LogP contribution in [0.5, 0.6) is 0 Å². The molecule has 1 aromatic carbocycles. The van der Waals surface area contributed by atoms with E-state index in [2.05, 4.69) is 23.6 Å². The highest BCUT2D eigenvalue weighted by molar-refractivity contribution is 5.91. The van der Waals surface area contributed by atoms with Crippen LogP contribution in [0.4, 0.5) is 5.69 Å². The fourth-order valence-electron chi connectivity index (χ4n) is 1.98. The van der Waals surface area contributed by atoms with Crippen molar-refractivity contribution in [1.82, 2.24) is 5.32 Å². The zero-order valence-corrected chi connectivity index (χ0v) is 12.1. The lowest BCUT2D eigenvalue weighted by molar-refractivity contribution is -0.116. The molecule has 0 aromatic heterocycles. The van der Waals surface area contributed by atoms with Gasteiger partial charge in [0.25, 0.3) is 0 Å². The van der Waals surface area contributed by atoms with E-state index in [-0.39, 0.29) is 11.9 Å². The number of benzene rings is 1. The number of unbranched alkanes of at least 4 members (excludes halogenated alkanes) is 1. The molecule has 1 rings (SSSR count). The molecule has 0 heterocycles. The van der Waals surface area contributed by atoms with Crippen molar-refractivity contribution in [1.29, 1.82) is 0 Å². The summed E-state index contributed by atoms with van der Waals surface area (Å²) in [6, 6.07) is 8.04. The minimum absolute atomic E-state index is 0.0876. The molecule has 19 heavy (non-hydrogen) atoms. The van der Waals surface area contributed by atoms with Crippen molar-refractivity contribution in [3.8, 4) is 0 Å². The third-order valence-corrected chi connectivity index (χ3v) is 3.02. The van der Waals surface area contributed by atoms with Crippen LogP contribution >= 0.6 is 0 Å². The number of likely N-dealkylation sites (N-methyl/N-ethyl adjacent to an activating group) is 1. The third-order valence-electron chi connectivity index (χ3n) is 3.02. The Balaban J connectivity index is 2.86. The van der Waals surface area contributed by atoms with E-state index in [1.165, 1.54) is 0 Å². The van der Waals surface area contributed by atoms with Crippen LogP contribution < -0.4 is 10.6 Å². The fraction of sp³-hybridized carbons (Fsp3) is 0.438. The topological polar surface area (TPSA) is 41.1 Å². The Labute approximate surface area is 116 Å². The van der Waals surface area contributed by atoms with Gasteiger partial charge in [0.2, 0.25) is 5.91 Å². The van der Waals surface area contributed by atoms with Crippen LogP contribution in [0, 0.1) is 0 Å². The Morgan fingerprint density at radius 3 is 2.74 bits per heavy atom. The Bertz CT molecular complexity index is 427. The highest BCUT2D eigenvalue weighted by atomic mass is 16.1. The summed E-state index contributed by atoms with van der Waals surface area (Å²) in [6.07, 6.45) is 6.64. The maximum absolute atomic E-state index is 11.8. The molecule has 1 aromatic rings. The van der Waals surface area contributed by atoms with Gasteiger partial charge in [-0.3, -0.25) is 4.79 Å². The van der Waals surface area contributed by atoms with Gasteiger partial charge in [-0.25, -0.2) is 0 Å². The number of carbonyl (C=O) groups excluding carboxylic acids is 1. The SMILES string of the molecule is CC=CC(NC)c1ccccc1NC(=O)CCCC. The van der Waals surface area contributed by atoms with E-state index in [1.54, 1.807) is 0 Å². The summed E-state index contributed by atoms with van der Waals surface area (Å²) in [5.41, 5.74) is 1.98. The Morgan fingerprint density at radius 1 is 1.37 bits per heavy atom. The quantitative estimate of drug-likeness (QED) is 0.735. The van der Waals surface area contributed by atoms with Crippen LogP contribution in [0.25, 0.3) is 0 Å². The van der Waals surface area contributed by atoms with Gasteiger partial charge < -0.3 is 10.6 Å². The first-order valence-electron chi connectivity index (χ1n) is 6.91. The number of nitrogens with one attached hydrogen (secondary N) is 2. The predicted molar refractivity (Wildman–Crippen MR) is 81.2 cm³/mol. The van der Waals surface area contributed by atoms with E-state index in [9.17, 15) is 4.79 Å². The number of hydrogen-bond acceptors (Lipinski definition) is 2. The van der Waals surface area contributed by atoms with Gasteiger partial charge in [-0.2, -0.15) is 0 Å². The molecule has 0 aliphatic carbocycles. The van der Waals surface area contributed by atoms with Crippen LogP contribution in [0.15, 0.2) is 36.4 Å². The second kappa shape index (κ2) is 8.48. The Morgan fingerprint density at radius 2 is 2.11 bits per heavy atom. The third kappa shape index (κ3) is 4.87. The van der Waals surface area contributed by atoms with Gasteiger partial charge in [0.1, 0.15) is 0 Å². The van der Waals surface area contributed by atoms with E-state index in [1.807, 2.05) is 44.3 Å². The number of anilines is 1. The van der Waals surface area contributed by atoms with Crippen molar-refractivity contribution >= 4 is 11.6 Å². The summed E-state index contributed by atoms with van der Waals surface area (Å²) in [4.78, 5) is 11.8. The zero-order chi connectivity index (χ0) is 14.1. The molecule has 3 heteroatoms. The number of rotatable bonds is 7. The molecule has 0 saturated carbocycles. The summed E-state index contributed by atoms with van der Waals surface area (Å²) >= 11 is 0. The monoisotopic (exact) mass is 260 g/mol. The molecule has 1 atom stereocenters. The molecule has 1 amide bonds. The summed E-state index contributed by atoms with van der Waals surface area (Å²) in [7, 11) is 1.92. The van der Waals surface area contributed by atoms with Crippen molar-refractivity contribution in [2.24, 2.45) is 0 Å². The Kier molecular flexibility index (Phi) is 6.90. The lowest BCUT2D eigenvalue weighted by atomic mass is 10.0. The lowest BCUT2D eigenvalue weighted by Crippen LogP contribution is -2.18. The molecule has 2 N–H and O–H groups in total. The average molecular weight is 260 g/mol. The molecule has 104 valence electrons. The number of hydrogen-bond donors (Lipinski definition) is 2. The largest absolute Gasteiger partial charge is 0.326 e. The maximum Gasteiger partial charge on any atom is 0.224 e. The first-order valence-corrected chi connectivity index (χ1v) is 6.91. The van der Waals surface area contributed by atoms with Gasteiger partial charge in [0.15, 0.2) is 0 Å². The summed E-state index contributed by atoms with van der Waals surface area (Å²) < 4.78 is 0.